The van der Waals surface area contributed by atoms with Crippen LogP contribution >= 0.6 is 23.2 Å². The van der Waals surface area contributed by atoms with Gasteiger partial charge in [-0.25, -0.2) is 14.4 Å². The highest BCUT2D eigenvalue weighted by atomic mass is 35.5. The van der Waals surface area contributed by atoms with Crippen molar-refractivity contribution in [3.05, 3.63) is 46.1 Å². The number of hydrogen-bond donors (Lipinski definition) is 0. The van der Waals surface area contributed by atoms with Crippen LogP contribution in [-0.4, -0.2) is 9.97 Å². The summed E-state index contributed by atoms with van der Waals surface area (Å²) in [6, 6.07) is 5.94. The van der Waals surface area contributed by atoms with E-state index >= 15 is 0 Å². The molecule has 2 aromatic rings. The summed E-state index contributed by atoms with van der Waals surface area (Å²) in [5, 5.41) is 0.718. The van der Waals surface area contributed by atoms with Crippen molar-refractivity contribution in [1.29, 1.82) is 0 Å². The minimum Gasteiger partial charge on any atom is -0.232 e. The number of benzene rings is 1. The van der Waals surface area contributed by atoms with Gasteiger partial charge in [0.25, 0.3) is 0 Å². The van der Waals surface area contributed by atoms with Crippen molar-refractivity contribution >= 4 is 23.2 Å². The first-order valence-corrected chi connectivity index (χ1v) is 6.38. The third-order valence-corrected chi connectivity index (χ3v) is 3.22. The van der Waals surface area contributed by atoms with Crippen molar-refractivity contribution in [2.75, 3.05) is 0 Å². The maximum Gasteiger partial charge on any atom is 0.133 e. The molecule has 0 N–H and O–H groups in total. The molecule has 0 spiro atoms. The van der Waals surface area contributed by atoms with Gasteiger partial charge in [-0.15, -0.1) is 0 Å². The molecule has 1 aliphatic carbocycles. The zero-order chi connectivity index (χ0) is 12.7. The zero-order valence-electron chi connectivity index (χ0n) is 9.33. The minimum absolute atomic E-state index is 0.340. The fraction of sp³-hybridized carbons (Fsp3) is 0.231. The van der Waals surface area contributed by atoms with Crippen molar-refractivity contribution in [2.45, 2.75) is 18.8 Å². The molecule has 0 bridgehead atoms. The number of nitrogens with zero attached hydrogens (tertiary/aromatic N) is 2. The molecule has 0 amide bonds. The van der Waals surface area contributed by atoms with E-state index in [0.717, 1.165) is 18.7 Å². The van der Waals surface area contributed by atoms with Crippen molar-refractivity contribution < 1.29 is 4.39 Å². The van der Waals surface area contributed by atoms with Crippen LogP contribution in [0.15, 0.2) is 24.3 Å². The van der Waals surface area contributed by atoms with Crippen LogP contribution in [0.2, 0.25) is 10.2 Å². The number of aromatic nitrogens is 2. The molecule has 3 rings (SSSR count). The molecule has 0 saturated heterocycles. The van der Waals surface area contributed by atoms with Crippen LogP contribution in [0.5, 0.6) is 0 Å². The molecular weight excluding hydrogens is 274 g/mol. The predicted molar refractivity (Wildman–Crippen MR) is 69.4 cm³/mol. The van der Waals surface area contributed by atoms with Crippen LogP contribution < -0.4 is 0 Å². The number of halogens is 3. The second-order valence-electron chi connectivity index (χ2n) is 4.37. The lowest BCUT2D eigenvalue weighted by molar-refractivity contribution is 0.628. The zero-order valence-corrected chi connectivity index (χ0v) is 10.8. The fourth-order valence-electron chi connectivity index (χ4n) is 1.81. The highest BCUT2D eigenvalue weighted by Gasteiger charge is 2.27. The highest BCUT2D eigenvalue weighted by molar-refractivity contribution is 6.31. The lowest BCUT2D eigenvalue weighted by Crippen LogP contribution is -1.95. The third kappa shape index (κ3) is 2.47. The van der Waals surface area contributed by atoms with Gasteiger partial charge in [-0.05, 0) is 31.0 Å². The van der Waals surface area contributed by atoms with E-state index in [2.05, 4.69) is 9.97 Å². The standard InChI is InChI=1S/C13H9Cl2FN2/c14-9-3-8(4-10(16)5-9)11-6-12(15)18-13(17-11)7-1-2-7/h3-7H,1-2H2. The van der Waals surface area contributed by atoms with Crippen LogP contribution in [0.1, 0.15) is 24.6 Å². The SMILES string of the molecule is Fc1cc(Cl)cc(-c2cc(Cl)nc(C3CC3)n2)c1. The summed E-state index contributed by atoms with van der Waals surface area (Å²) in [5.74, 6) is 0.740. The van der Waals surface area contributed by atoms with E-state index in [4.69, 9.17) is 23.2 Å². The average Bonchev–Trinajstić information content (AvgIpc) is 3.10. The summed E-state index contributed by atoms with van der Waals surface area (Å²) in [7, 11) is 0. The molecule has 1 heterocycles. The quantitative estimate of drug-likeness (QED) is 0.760. The first-order valence-electron chi connectivity index (χ1n) is 5.63. The Morgan fingerprint density at radius 3 is 2.50 bits per heavy atom. The van der Waals surface area contributed by atoms with E-state index in [9.17, 15) is 4.39 Å². The summed E-state index contributed by atoms with van der Waals surface area (Å²) in [5.41, 5.74) is 1.23. The average molecular weight is 283 g/mol. The molecule has 1 saturated carbocycles. The second kappa shape index (κ2) is 4.48. The lowest BCUT2D eigenvalue weighted by Gasteiger charge is -2.05. The van der Waals surface area contributed by atoms with Gasteiger partial charge in [0.05, 0.1) is 5.69 Å². The minimum atomic E-state index is -0.389. The number of hydrogen-bond acceptors (Lipinski definition) is 2. The summed E-state index contributed by atoms with van der Waals surface area (Å²) < 4.78 is 13.3. The normalized spacial score (nSPS) is 14.8. The Morgan fingerprint density at radius 1 is 1.06 bits per heavy atom. The smallest absolute Gasteiger partial charge is 0.133 e. The van der Waals surface area contributed by atoms with Gasteiger partial charge in [-0.3, -0.25) is 0 Å². The molecule has 1 fully saturated rings. The molecule has 0 atom stereocenters. The Hall–Kier alpha value is -1.19. The van der Waals surface area contributed by atoms with E-state index in [1.165, 1.54) is 12.1 Å². The van der Waals surface area contributed by atoms with Gasteiger partial charge in [0.1, 0.15) is 16.8 Å². The number of rotatable bonds is 2. The maximum atomic E-state index is 13.3. The summed E-state index contributed by atoms with van der Waals surface area (Å²) >= 11 is 11.8. The Balaban J connectivity index is 2.09. The van der Waals surface area contributed by atoms with Crippen LogP contribution in [0, 0.1) is 5.82 Å². The van der Waals surface area contributed by atoms with Crippen molar-refractivity contribution in [3.8, 4) is 11.3 Å². The van der Waals surface area contributed by atoms with Crippen LogP contribution in [0.3, 0.4) is 0 Å². The van der Waals surface area contributed by atoms with Gasteiger partial charge < -0.3 is 0 Å². The molecule has 92 valence electrons. The lowest BCUT2D eigenvalue weighted by atomic mass is 10.1. The van der Waals surface area contributed by atoms with Gasteiger partial charge in [0, 0.05) is 22.6 Å². The molecule has 0 aliphatic heterocycles. The summed E-state index contributed by atoms with van der Waals surface area (Å²) in [6.07, 6.45) is 2.17. The first-order chi connectivity index (χ1) is 8.61. The third-order valence-electron chi connectivity index (χ3n) is 2.81. The molecule has 1 aromatic heterocycles. The molecule has 5 heteroatoms. The van der Waals surface area contributed by atoms with Crippen molar-refractivity contribution in [1.82, 2.24) is 9.97 Å². The van der Waals surface area contributed by atoms with Gasteiger partial charge in [-0.2, -0.15) is 0 Å². The Morgan fingerprint density at radius 2 is 1.83 bits per heavy atom. The van der Waals surface area contributed by atoms with Gasteiger partial charge in [-0.1, -0.05) is 23.2 Å². The van der Waals surface area contributed by atoms with Gasteiger partial charge in [0.15, 0.2) is 0 Å². The van der Waals surface area contributed by atoms with E-state index < -0.39 is 0 Å². The fourth-order valence-corrected chi connectivity index (χ4v) is 2.22. The predicted octanol–water partition coefficient (Wildman–Crippen LogP) is 4.47. The Labute approximate surface area is 114 Å². The second-order valence-corrected chi connectivity index (χ2v) is 5.19. The first kappa shape index (κ1) is 11.9. The largest absolute Gasteiger partial charge is 0.232 e. The van der Waals surface area contributed by atoms with Crippen LogP contribution in [0.25, 0.3) is 11.3 Å². The van der Waals surface area contributed by atoms with E-state index in [-0.39, 0.29) is 5.82 Å². The molecule has 0 radical (unpaired) electrons. The van der Waals surface area contributed by atoms with Gasteiger partial charge >= 0.3 is 0 Å². The summed E-state index contributed by atoms with van der Waals surface area (Å²) in [4.78, 5) is 8.62. The topological polar surface area (TPSA) is 25.8 Å². The van der Waals surface area contributed by atoms with Crippen LogP contribution in [0.4, 0.5) is 4.39 Å². The van der Waals surface area contributed by atoms with Gasteiger partial charge in [0.2, 0.25) is 0 Å². The van der Waals surface area contributed by atoms with E-state index in [1.807, 2.05) is 0 Å². The van der Waals surface area contributed by atoms with Crippen molar-refractivity contribution in [2.24, 2.45) is 0 Å². The Bertz CT molecular complexity index is 592. The Kier molecular flexibility index (Phi) is 2.96. The molecule has 1 aromatic carbocycles. The van der Waals surface area contributed by atoms with E-state index in [1.54, 1.807) is 12.1 Å². The van der Waals surface area contributed by atoms with Crippen molar-refractivity contribution in [3.63, 3.8) is 0 Å². The molecular formula is C13H9Cl2FN2. The molecule has 2 nitrogen and oxygen atoms in total. The van der Waals surface area contributed by atoms with Crippen LogP contribution in [-0.2, 0) is 0 Å². The maximum absolute atomic E-state index is 13.3. The molecule has 0 unspecified atom stereocenters. The molecule has 18 heavy (non-hydrogen) atoms. The monoisotopic (exact) mass is 282 g/mol. The van der Waals surface area contributed by atoms with E-state index in [0.29, 0.717) is 27.4 Å². The highest BCUT2D eigenvalue weighted by Crippen LogP contribution is 2.39. The molecule has 1 aliphatic rings. The summed E-state index contributed by atoms with van der Waals surface area (Å²) in [6.45, 7) is 0.